The lowest BCUT2D eigenvalue weighted by Crippen LogP contribution is -2.07. The van der Waals surface area contributed by atoms with E-state index >= 15 is 0 Å². The van der Waals surface area contributed by atoms with Gasteiger partial charge in [0, 0.05) is 5.38 Å². The van der Waals surface area contributed by atoms with Crippen LogP contribution in [-0.2, 0) is 15.6 Å². The maximum absolute atomic E-state index is 13.7. The van der Waals surface area contributed by atoms with E-state index in [4.69, 9.17) is 0 Å². The Hall–Kier alpha value is -2.13. The maximum atomic E-state index is 13.7. The SMILES string of the molecule is Cc1nc(CS(=O)(=O)c2nc(-c3ccccc3F)n[nH]2)cs1. The normalized spacial score (nSPS) is 11.7. The minimum Gasteiger partial charge on any atom is -0.249 e. The van der Waals surface area contributed by atoms with Crippen molar-refractivity contribution in [3.05, 3.63) is 46.2 Å². The van der Waals surface area contributed by atoms with Crippen LogP contribution in [0.2, 0.25) is 0 Å². The van der Waals surface area contributed by atoms with Crippen molar-refractivity contribution in [2.24, 2.45) is 0 Å². The Kier molecular flexibility index (Phi) is 3.75. The van der Waals surface area contributed by atoms with Gasteiger partial charge in [-0.1, -0.05) is 12.1 Å². The highest BCUT2D eigenvalue weighted by Gasteiger charge is 2.22. The molecule has 1 N–H and O–H groups in total. The lowest BCUT2D eigenvalue weighted by atomic mass is 10.2. The number of rotatable bonds is 4. The number of nitrogens with zero attached hydrogens (tertiary/aromatic N) is 3. The summed E-state index contributed by atoms with van der Waals surface area (Å²) >= 11 is 1.37. The lowest BCUT2D eigenvalue weighted by Gasteiger charge is -1.97. The standard InChI is InChI=1S/C13H11FN4O2S2/c1-8-15-9(6-21-8)7-22(19,20)13-16-12(17-18-13)10-4-2-3-5-11(10)14/h2-6H,7H2,1H3,(H,16,17,18). The van der Waals surface area contributed by atoms with Gasteiger partial charge in [0.25, 0.3) is 0 Å². The van der Waals surface area contributed by atoms with E-state index in [2.05, 4.69) is 20.2 Å². The van der Waals surface area contributed by atoms with Gasteiger partial charge in [0.2, 0.25) is 15.0 Å². The van der Waals surface area contributed by atoms with Gasteiger partial charge in [0.05, 0.1) is 16.3 Å². The minimum absolute atomic E-state index is 0.00568. The fourth-order valence-corrected chi connectivity index (χ4v) is 3.69. The number of aromatic amines is 1. The van der Waals surface area contributed by atoms with E-state index in [1.54, 1.807) is 18.4 Å². The van der Waals surface area contributed by atoms with Crippen LogP contribution in [0.15, 0.2) is 34.8 Å². The summed E-state index contributed by atoms with van der Waals surface area (Å²) in [7, 11) is -3.71. The Bertz CT molecular complexity index is 918. The number of H-pyrrole nitrogens is 1. The van der Waals surface area contributed by atoms with Crippen LogP contribution < -0.4 is 0 Å². The molecule has 9 heteroatoms. The molecule has 6 nitrogen and oxygen atoms in total. The third kappa shape index (κ3) is 2.90. The Morgan fingerprint density at radius 1 is 1.27 bits per heavy atom. The van der Waals surface area contributed by atoms with E-state index in [0.717, 1.165) is 5.01 Å². The predicted molar refractivity (Wildman–Crippen MR) is 79.5 cm³/mol. The molecule has 0 atom stereocenters. The van der Waals surface area contributed by atoms with Crippen molar-refractivity contribution >= 4 is 21.2 Å². The molecule has 0 saturated carbocycles. The smallest absolute Gasteiger partial charge is 0.243 e. The van der Waals surface area contributed by atoms with Crippen molar-refractivity contribution in [2.45, 2.75) is 17.8 Å². The number of sulfone groups is 1. The molecule has 0 aliphatic heterocycles. The number of nitrogens with one attached hydrogen (secondary N) is 1. The van der Waals surface area contributed by atoms with E-state index in [1.165, 1.54) is 29.5 Å². The molecule has 0 unspecified atom stereocenters. The fraction of sp³-hybridized carbons (Fsp3) is 0.154. The summed E-state index contributed by atoms with van der Waals surface area (Å²) in [6, 6.07) is 5.91. The monoisotopic (exact) mass is 338 g/mol. The Morgan fingerprint density at radius 2 is 2.05 bits per heavy atom. The molecule has 2 aromatic heterocycles. The molecule has 22 heavy (non-hydrogen) atoms. The molecular formula is C13H11FN4O2S2. The molecule has 0 amide bonds. The average Bonchev–Trinajstić information content (AvgIpc) is 3.09. The molecule has 1 aromatic carbocycles. The molecule has 0 radical (unpaired) electrons. The first kappa shape index (κ1) is 14.8. The summed E-state index contributed by atoms with van der Waals surface area (Å²) in [6.45, 7) is 1.80. The highest BCUT2D eigenvalue weighted by atomic mass is 32.2. The second kappa shape index (κ2) is 5.58. The quantitative estimate of drug-likeness (QED) is 0.789. The molecule has 0 saturated heterocycles. The van der Waals surface area contributed by atoms with E-state index < -0.39 is 15.7 Å². The molecule has 0 aliphatic rings. The van der Waals surface area contributed by atoms with Crippen molar-refractivity contribution in [3.8, 4) is 11.4 Å². The molecule has 0 fully saturated rings. The summed E-state index contributed by atoms with van der Waals surface area (Å²) in [5, 5.41) is 8.32. The van der Waals surface area contributed by atoms with Crippen LogP contribution in [0.1, 0.15) is 10.7 Å². The summed E-state index contributed by atoms with van der Waals surface area (Å²) in [5.41, 5.74) is 0.594. The second-order valence-corrected chi connectivity index (χ2v) is 7.53. The lowest BCUT2D eigenvalue weighted by molar-refractivity contribution is 0.586. The van der Waals surface area contributed by atoms with Crippen LogP contribution in [0.5, 0.6) is 0 Å². The zero-order valence-electron chi connectivity index (χ0n) is 11.4. The van der Waals surface area contributed by atoms with E-state index in [-0.39, 0.29) is 22.3 Å². The molecule has 3 aromatic rings. The van der Waals surface area contributed by atoms with E-state index in [1.807, 2.05) is 0 Å². The van der Waals surface area contributed by atoms with Crippen LogP contribution in [-0.4, -0.2) is 28.6 Å². The molecular weight excluding hydrogens is 327 g/mol. The molecule has 114 valence electrons. The molecule has 0 spiro atoms. The molecule has 0 bridgehead atoms. The van der Waals surface area contributed by atoms with Gasteiger partial charge in [0.1, 0.15) is 11.6 Å². The van der Waals surface area contributed by atoms with Gasteiger partial charge >= 0.3 is 0 Å². The van der Waals surface area contributed by atoms with Crippen LogP contribution in [0, 0.1) is 12.7 Å². The average molecular weight is 338 g/mol. The number of halogens is 1. The first-order valence-electron chi connectivity index (χ1n) is 6.27. The highest BCUT2D eigenvalue weighted by Crippen LogP contribution is 2.21. The number of thiazole rings is 1. The largest absolute Gasteiger partial charge is 0.249 e. The van der Waals surface area contributed by atoms with Crippen molar-refractivity contribution in [1.29, 1.82) is 0 Å². The van der Waals surface area contributed by atoms with Crippen molar-refractivity contribution in [1.82, 2.24) is 20.2 Å². The van der Waals surface area contributed by atoms with Gasteiger partial charge in [-0.15, -0.1) is 11.3 Å². The second-order valence-electron chi connectivity index (χ2n) is 4.56. The molecule has 0 aliphatic carbocycles. The Morgan fingerprint density at radius 3 is 2.73 bits per heavy atom. The first-order chi connectivity index (χ1) is 10.5. The molecule has 2 heterocycles. The third-order valence-electron chi connectivity index (χ3n) is 2.88. The first-order valence-corrected chi connectivity index (χ1v) is 8.80. The fourth-order valence-electron chi connectivity index (χ4n) is 1.89. The predicted octanol–water partition coefficient (Wildman–Crippen LogP) is 2.35. The zero-order valence-corrected chi connectivity index (χ0v) is 13.1. The highest BCUT2D eigenvalue weighted by molar-refractivity contribution is 7.90. The van der Waals surface area contributed by atoms with Crippen LogP contribution in [0.25, 0.3) is 11.4 Å². The number of aryl methyl sites for hydroxylation is 1. The van der Waals surface area contributed by atoms with Gasteiger partial charge in [-0.25, -0.2) is 22.9 Å². The minimum atomic E-state index is -3.71. The summed E-state index contributed by atoms with van der Waals surface area (Å²) < 4.78 is 38.2. The maximum Gasteiger partial charge on any atom is 0.243 e. The van der Waals surface area contributed by atoms with E-state index in [0.29, 0.717) is 5.69 Å². The van der Waals surface area contributed by atoms with Crippen LogP contribution in [0.4, 0.5) is 4.39 Å². The van der Waals surface area contributed by atoms with Crippen molar-refractivity contribution in [2.75, 3.05) is 0 Å². The summed E-state index contributed by atoms with van der Waals surface area (Å²) in [6.07, 6.45) is 0. The van der Waals surface area contributed by atoms with Gasteiger partial charge < -0.3 is 0 Å². The van der Waals surface area contributed by atoms with E-state index in [9.17, 15) is 12.8 Å². The van der Waals surface area contributed by atoms with Crippen molar-refractivity contribution in [3.63, 3.8) is 0 Å². The van der Waals surface area contributed by atoms with Gasteiger partial charge in [-0.05, 0) is 19.1 Å². The number of benzene rings is 1. The Labute approximate surface area is 130 Å². The molecule has 3 rings (SSSR count). The van der Waals surface area contributed by atoms with Crippen molar-refractivity contribution < 1.29 is 12.8 Å². The topological polar surface area (TPSA) is 88.6 Å². The summed E-state index contributed by atoms with van der Waals surface area (Å²) in [5.74, 6) is -0.782. The number of aromatic nitrogens is 4. The van der Waals surface area contributed by atoms with Crippen LogP contribution in [0.3, 0.4) is 0 Å². The van der Waals surface area contributed by atoms with Gasteiger partial charge in [0.15, 0.2) is 5.82 Å². The Balaban J connectivity index is 1.91. The van der Waals surface area contributed by atoms with Crippen LogP contribution >= 0.6 is 11.3 Å². The number of hydrogen-bond acceptors (Lipinski definition) is 6. The van der Waals surface area contributed by atoms with Gasteiger partial charge in [-0.3, -0.25) is 0 Å². The summed E-state index contributed by atoms with van der Waals surface area (Å²) in [4.78, 5) is 8.01. The third-order valence-corrected chi connectivity index (χ3v) is 5.15. The number of hydrogen-bond donors (Lipinski definition) is 1. The van der Waals surface area contributed by atoms with Gasteiger partial charge in [-0.2, -0.15) is 10.1 Å². The zero-order chi connectivity index (χ0) is 15.7.